The van der Waals surface area contributed by atoms with Gasteiger partial charge >= 0.3 is 6.09 Å². The fraction of sp³-hybridized carbons (Fsp3) is 0.438. The van der Waals surface area contributed by atoms with Crippen LogP contribution in [0.1, 0.15) is 33.6 Å². The average molecular weight is 353 g/mol. The number of amides is 1. The van der Waals surface area contributed by atoms with Crippen molar-refractivity contribution in [2.24, 2.45) is 0 Å². The Balaban J connectivity index is 2.49. The highest BCUT2D eigenvalue weighted by Crippen LogP contribution is 2.30. The van der Waals surface area contributed by atoms with E-state index in [-0.39, 0.29) is 10.6 Å². The summed E-state index contributed by atoms with van der Waals surface area (Å²) in [6.45, 7) is 4.98. The van der Waals surface area contributed by atoms with Crippen LogP contribution in [0.4, 0.5) is 10.5 Å². The Morgan fingerprint density at radius 1 is 1.33 bits per heavy atom. The Hall–Kier alpha value is -2.06. The van der Waals surface area contributed by atoms with Crippen LogP contribution in [-0.4, -0.2) is 30.5 Å². The zero-order valence-electron chi connectivity index (χ0n) is 13.9. The predicted molar refractivity (Wildman–Crippen MR) is 90.9 cm³/mol. The van der Waals surface area contributed by atoms with Crippen LogP contribution >= 0.6 is 0 Å². The average Bonchev–Trinajstić information content (AvgIpc) is 2.98. The van der Waals surface area contributed by atoms with Crippen molar-refractivity contribution in [1.29, 1.82) is 0 Å². The maximum absolute atomic E-state index is 13.0. The normalized spacial score (nSPS) is 17.6. The van der Waals surface area contributed by atoms with Crippen LogP contribution in [0.15, 0.2) is 41.3 Å². The summed E-state index contributed by atoms with van der Waals surface area (Å²) in [5.74, 6) is 0. The first-order valence-corrected chi connectivity index (χ1v) is 9.02. The molecule has 0 heterocycles. The molecule has 8 heteroatoms. The summed E-state index contributed by atoms with van der Waals surface area (Å²) in [7, 11) is -4.25. The van der Waals surface area contributed by atoms with Gasteiger partial charge in [0.05, 0.1) is 6.04 Å². The number of anilines is 1. The van der Waals surface area contributed by atoms with Crippen molar-refractivity contribution in [3.63, 3.8) is 0 Å². The quantitative estimate of drug-likeness (QED) is 0.659. The van der Waals surface area contributed by atoms with Crippen molar-refractivity contribution in [3.8, 4) is 0 Å². The van der Waals surface area contributed by atoms with Gasteiger partial charge in [0, 0.05) is 5.69 Å². The molecule has 1 aliphatic rings. The van der Waals surface area contributed by atoms with E-state index in [0.29, 0.717) is 12.8 Å². The van der Waals surface area contributed by atoms with Gasteiger partial charge in [0.2, 0.25) is 0 Å². The molecule has 0 aliphatic heterocycles. The summed E-state index contributed by atoms with van der Waals surface area (Å²) >= 11 is 0. The van der Waals surface area contributed by atoms with E-state index < -0.39 is 27.8 Å². The van der Waals surface area contributed by atoms with Gasteiger partial charge < -0.3 is 15.4 Å². The van der Waals surface area contributed by atoms with Crippen LogP contribution in [0.5, 0.6) is 0 Å². The first kappa shape index (κ1) is 18.3. The lowest BCUT2D eigenvalue weighted by Crippen LogP contribution is -2.45. The van der Waals surface area contributed by atoms with Gasteiger partial charge in [-0.3, -0.25) is 0 Å². The molecule has 1 N–H and O–H groups in total. The molecule has 1 amide bonds. The molecule has 1 unspecified atom stereocenters. The third-order valence-corrected chi connectivity index (χ3v) is 5.25. The lowest BCUT2D eigenvalue weighted by atomic mass is 10.2. The van der Waals surface area contributed by atoms with Gasteiger partial charge in [0.1, 0.15) is 10.5 Å². The van der Waals surface area contributed by atoms with E-state index in [4.69, 9.17) is 4.74 Å². The Bertz CT molecular complexity index is 737. The molecule has 7 nitrogen and oxygen atoms in total. The summed E-state index contributed by atoms with van der Waals surface area (Å²) in [5.41, 5.74) is 0.647. The highest BCUT2D eigenvalue weighted by Gasteiger charge is 2.39. The fourth-order valence-electron chi connectivity index (χ4n) is 2.41. The number of carbonyl (C=O) groups is 1. The second kappa shape index (κ2) is 6.82. The number of carbonyl (C=O) groups excluding carboxylic acids is 1. The van der Waals surface area contributed by atoms with Crippen LogP contribution in [0.2, 0.25) is 0 Å². The Morgan fingerprint density at radius 2 is 2.00 bits per heavy atom. The smallest absolute Gasteiger partial charge is 0.424 e. The van der Waals surface area contributed by atoms with Crippen molar-refractivity contribution in [2.45, 2.75) is 50.2 Å². The molecule has 0 saturated heterocycles. The Morgan fingerprint density at radius 3 is 2.54 bits per heavy atom. The molecule has 0 radical (unpaired) electrons. The molecule has 1 atom stereocenters. The lowest BCUT2D eigenvalue weighted by Gasteiger charge is -2.31. The number of nitrogens with zero attached hydrogens (tertiary/aromatic N) is 1. The summed E-state index contributed by atoms with van der Waals surface area (Å²) in [5, 5.41) is 11.1. The maximum atomic E-state index is 13.0. The molecule has 0 fully saturated rings. The number of allylic oxidation sites excluding steroid dienone is 1. The monoisotopic (exact) mass is 353 g/mol. The minimum absolute atomic E-state index is 0.118. The van der Waals surface area contributed by atoms with Gasteiger partial charge in [-0.1, -0.05) is 24.3 Å². The zero-order valence-corrected chi connectivity index (χ0v) is 14.7. The third-order valence-electron chi connectivity index (χ3n) is 3.40. The second-order valence-corrected chi connectivity index (χ2v) is 8.24. The molecular formula is C16H21N2O5S-. The first-order valence-electron chi connectivity index (χ1n) is 7.58. The standard InChI is InChI=1S/C16H21N2O5S/c1-16(2,3)23-15(19)18(12-8-4-5-9-12)24(21,22)14-11-7-6-10-13(14)17-20/h4,6-8,10-12,17H,5,9H2,1-3H3/q-1. The molecule has 0 bridgehead atoms. The van der Waals surface area contributed by atoms with Crippen molar-refractivity contribution in [3.05, 3.63) is 41.6 Å². The predicted octanol–water partition coefficient (Wildman–Crippen LogP) is 3.24. The lowest BCUT2D eigenvalue weighted by molar-refractivity contribution is 0.0361. The molecule has 0 saturated carbocycles. The number of ether oxygens (including phenoxy) is 1. The van der Waals surface area contributed by atoms with Crippen molar-refractivity contribution in [1.82, 2.24) is 4.31 Å². The van der Waals surface area contributed by atoms with E-state index in [1.54, 1.807) is 32.3 Å². The third kappa shape index (κ3) is 3.88. The fourth-order valence-corrected chi connectivity index (χ4v) is 4.03. The summed E-state index contributed by atoms with van der Waals surface area (Å²) < 4.78 is 32.1. The minimum Gasteiger partial charge on any atom is -0.761 e. The van der Waals surface area contributed by atoms with Crippen molar-refractivity contribution < 1.29 is 17.9 Å². The van der Waals surface area contributed by atoms with E-state index in [9.17, 15) is 18.4 Å². The molecule has 1 aliphatic carbocycles. The van der Waals surface area contributed by atoms with Gasteiger partial charge in [0.25, 0.3) is 10.0 Å². The Labute approximate surface area is 141 Å². The number of sulfonamides is 1. The summed E-state index contributed by atoms with van der Waals surface area (Å²) in [4.78, 5) is 12.3. The zero-order chi connectivity index (χ0) is 18.0. The van der Waals surface area contributed by atoms with E-state index in [1.807, 2.05) is 6.08 Å². The van der Waals surface area contributed by atoms with Crippen LogP contribution in [-0.2, 0) is 14.8 Å². The minimum atomic E-state index is -4.25. The number of para-hydroxylation sites is 1. The molecule has 1 aromatic rings. The van der Waals surface area contributed by atoms with Gasteiger partial charge in [0.15, 0.2) is 0 Å². The SMILES string of the molecule is CC(C)(C)OC(=O)N(C1C=CCC1)S(=O)(=O)c1ccccc1N[O-]. The topological polar surface area (TPSA) is 98.8 Å². The van der Waals surface area contributed by atoms with Gasteiger partial charge in [-0.15, -0.1) is 0 Å². The number of nitrogens with one attached hydrogen (secondary N) is 1. The molecule has 24 heavy (non-hydrogen) atoms. The van der Waals surface area contributed by atoms with E-state index in [2.05, 4.69) is 0 Å². The van der Waals surface area contributed by atoms with E-state index in [1.165, 1.54) is 24.3 Å². The first-order chi connectivity index (χ1) is 11.2. The van der Waals surface area contributed by atoms with Crippen LogP contribution < -0.4 is 5.48 Å². The molecule has 132 valence electrons. The number of hydrogen-bond acceptors (Lipinski definition) is 6. The van der Waals surface area contributed by atoms with Gasteiger partial charge in [-0.25, -0.2) is 13.2 Å². The van der Waals surface area contributed by atoms with Crippen molar-refractivity contribution in [2.75, 3.05) is 5.48 Å². The summed E-state index contributed by atoms with van der Waals surface area (Å²) in [6, 6.07) is 5.02. The largest absolute Gasteiger partial charge is 0.761 e. The highest BCUT2D eigenvalue weighted by molar-refractivity contribution is 7.89. The second-order valence-electron chi connectivity index (χ2n) is 6.45. The summed E-state index contributed by atoms with van der Waals surface area (Å²) in [6.07, 6.45) is 3.66. The molecule has 0 spiro atoms. The molecule has 2 rings (SSSR count). The maximum Gasteiger partial charge on any atom is 0.424 e. The number of benzene rings is 1. The van der Waals surface area contributed by atoms with E-state index >= 15 is 0 Å². The molecular weight excluding hydrogens is 332 g/mol. The van der Waals surface area contributed by atoms with Crippen LogP contribution in [0.3, 0.4) is 0 Å². The van der Waals surface area contributed by atoms with Crippen LogP contribution in [0.25, 0.3) is 0 Å². The van der Waals surface area contributed by atoms with E-state index in [0.717, 1.165) is 4.31 Å². The number of hydrogen-bond donors (Lipinski definition) is 1. The van der Waals surface area contributed by atoms with Crippen LogP contribution in [0, 0.1) is 5.21 Å². The Kier molecular flexibility index (Phi) is 5.19. The van der Waals surface area contributed by atoms with Crippen molar-refractivity contribution >= 4 is 21.8 Å². The molecule has 1 aromatic carbocycles. The highest BCUT2D eigenvalue weighted by atomic mass is 32.2. The van der Waals surface area contributed by atoms with Gasteiger partial charge in [-0.2, -0.15) is 4.31 Å². The number of rotatable bonds is 4. The van der Waals surface area contributed by atoms with Gasteiger partial charge in [-0.05, 0) is 45.7 Å². The molecule has 0 aromatic heterocycles.